The van der Waals surface area contributed by atoms with E-state index in [9.17, 15) is 4.79 Å². The minimum atomic E-state index is 0.177. The lowest BCUT2D eigenvalue weighted by molar-refractivity contribution is -0.132. The number of likely N-dealkylation sites (tertiary alicyclic amines) is 1. The molecule has 1 aliphatic heterocycles. The van der Waals surface area contributed by atoms with Crippen LogP contribution in [0, 0.1) is 0 Å². The third-order valence-corrected chi connectivity index (χ3v) is 4.38. The van der Waals surface area contributed by atoms with Crippen LogP contribution in [0.25, 0.3) is 0 Å². The molecule has 0 spiro atoms. The van der Waals surface area contributed by atoms with Crippen LogP contribution in [-0.4, -0.2) is 27.1 Å². The van der Waals surface area contributed by atoms with Gasteiger partial charge in [0.15, 0.2) is 0 Å². The predicted molar refractivity (Wildman–Crippen MR) is 86.6 cm³/mol. The molecule has 1 saturated heterocycles. The summed E-state index contributed by atoms with van der Waals surface area (Å²) in [5, 5.41) is 4.89. The number of hydrogen-bond acceptors (Lipinski definition) is 2. The SMILES string of the molecule is O=C(CCCn1cccn1)N1CCC[C@@H]1c1cccc(Cl)c1. The summed E-state index contributed by atoms with van der Waals surface area (Å²) >= 11 is 6.08. The van der Waals surface area contributed by atoms with E-state index in [0.717, 1.165) is 42.9 Å². The summed E-state index contributed by atoms with van der Waals surface area (Å²) < 4.78 is 1.87. The molecule has 0 N–H and O–H groups in total. The first kappa shape index (κ1) is 15.1. The summed E-state index contributed by atoms with van der Waals surface area (Å²) in [6.45, 7) is 1.63. The molecule has 0 saturated carbocycles. The molecule has 1 atom stereocenters. The topological polar surface area (TPSA) is 38.1 Å². The molecule has 5 heteroatoms. The standard InChI is InChI=1S/C17H20ClN3O/c18-15-6-1-5-14(13-15)16-7-2-12-21(16)17(22)8-3-10-20-11-4-9-19-20/h1,4-6,9,11,13,16H,2-3,7-8,10,12H2/t16-/m1/s1. The number of benzene rings is 1. The fourth-order valence-electron chi connectivity index (χ4n) is 3.09. The molecule has 1 aliphatic rings. The van der Waals surface area contributed by atoms with E-state index in [1.54, 1.807) is 6.20 Å². The number of nitrogens with zero attached hydrogens (tertiary/aromatic N) is 3. The van der Waals surface area contributed by atoms with Crippen LogP contribution in [0.2, 0.25) is 5.02 Å². The normalized spacial score (nSPS) is 17.9. The van der Waals surface area contributed by atoms with Crippen LogP contribution >= 0.6 is 11.6 Å². The average molecular weight is 318 g/mol. The third-order valence-electron chi connectivity index (χ3n) is 4.14. The zero-order valence-corrected chi connectivity index (χ0v) is 13.2. The van der Waals surface area contributed by atoms with E-state index in [1.807, 2.05) is 40.0 Å². The van der Waals surface area contributed by atoms with Crippen molar-refractivity contribution in [2.75, 3.05) is 6.54 Å². The third kappa shape index (κ3) is 3.50. The maximum atomic E-state index is 12.5. The summed E-state index contributed by atoms with van der Waals surface area (Å²) in [5.41, 5.74) is 1.14. The molecule has 0 unspecified atom stereocenters. The van der Waals surface area contributed by atoms with Crippen molar-refractivity contribution in [3.05, 3.63) is 53.3 Å². The van der Waals surface area contributed by atoms with Gasteiger partial charge in [0.1, 0.15) is 0 Å². The van der Waals surface area contributed by atoms with Crippen molar-refractivity contribution in [1.82, 2.24) is 14.7 Å². The van der Waals surface area contributed by atoms with Crippen molar-refractivity contribution < 1.29 is 4.79 Å². The van der Waals surface area contributed by atoms with Gasteiger partial charge in [-0.2, -0.15) is 5.10 Å². The number of hydrogen-bond donors (Lipinski definition) is 0. The van der Waals surface area contributed by atoms with Crippen molar-refractivity contribution in [1.29, 1.82) is 0 Å². The minimum Gasteiger partial charge on any atom is -0.336 e. The Labute approximate surface area is 135 Å². The molecular formula is C17H20ClN3O. The molecular weight excluding hydrogens is 298 g/mol. The van der Waals surface area contributed by atoms with Crippen LogP contribution in [0.5, 0.6) is 0 Å². The lowest BCUT2D eigenvalue weighted by Crippen LogP contribution is -2.30. The van der Waals surface area contributed by atoms with Crippen LogP contribution in [-0.2, 0) is 11.3 Å². The number of amides is 1. The fourth-order valence-corrected chi connectivity index (χ4v) is 3.29. The first-order valence-electron chi connectivity index (χ1n) is 7.76. The number of carbonyl (C=O) groups is 1. The molecule has 1 fully saturated rings. The van der Waals surface area contributed by atoms with Crippen molar-refractivity contribution in [3.8, 4) is 0 Å². The predicted octanol–water partition coefficient (Wildman–Crippen LogP) is 3.68. The number of aromatic nitrogens is 2. The molecule has 0 aliphatic carbocycles. The summed E-state index contributed by atoms with van der Waals surface area (Å²) in [6, 6.07) is 9.94. The average Bonchev–Trinajstić information content (AvgIpc) is 3.18. The van der Waals surface area contributed by atoms with Crippen LogP contribution in [0.4, 0.5) is 0 Å². The second-order valence-corrected chi connectivity index (χ2v) is 6.11. The largest absolute Gasteiger partial charge is 0.336 e. The molecule has 1 aromatic carbocycles. The zero-order chi connectivity index (χ0) is 15.4. The highest BCUT2D eigenvalue weighted by atomic mass is 35.5. The van der Waals surface area contributed by atoms with E-state index in [4.69, 9.17) is 11.6 Å². The Morgan fingerprint density at radius 1 is 1.36 bits per heavy atom. The smallest absolute Gasteiger partial charge is 0.223 e. The highest BCUT2D eigenvalue weighted by Crippen LogP contribution is 2.33. The van der Waals surface area contributed by atoms with Gasteiger partial charge in [-0.25, -0.2) is 0 Å². The van der Waals surface area contributed by atoms with Crippen LogP contribution in [0.3, 0.4) is 0 Å². The van der Waals surface area contributed by atoms with Crippen molar-refractivity contribution in [2.45, 2.75) is 38.3 Å². The van der Waals surface area contributed by atoms with Gasteiger partial charge in [-0.3, -0.25) is 9.48 Å². The van der Waals surface area contributed by atoms with Gasteiger partial charge in [0.25, 0.3) is 0 Å². The van der Waals surface area contributed by atoms with E-state index < -0.39 is 0 Å². The molecule has 1 aromatic heterocycles. The van der Waals surface area contributed by atoms with E-state index in [-0.39, 0.29) is 11.9 Å². The van der Waals surface area contributed by atoms with Gasteiger partial charge in [0, 0.05) is 36.9 Å². The lowest BCUT2D eigenvalue weighted by Gasteiger charge is -2.25. The molecule has 22 heavy (non-hydrogen) atoms. The van der Waals surface area contributed by atoms with E-state index >= 15 is 0 Å². The Bertz CT molecular complexity index is 627. The van der Waals surface area contributed by atoms with Crippen molar-refractivity contribution in [2.24, 2.45) is 0 Å². The number of halogens is 1. The van der Waals surface area contributed by atoms with Gasteiger partial charge in [0.05, 0.1) is 6.04 Å². The molecule has 4 nitrogen and oxygen atoms in total. The van der Waals surface area contributed by atoms with Crippen LogP contribution < -0.4 is 0 Å². The van der Waals surface area contributed by atoms with E-state index in [1.165, 1.54) is 0 Å². The maximum Gasteiger partial charge on any atom is 0.223 e. The van der Waals surface area contributed by atoms with Gasteiger partial charge < -0.3 is 4.90 Å². The quantitative estimate of drug-likeness (QED) is 0.843. The Balaban J connectivity index is 1.59. The second kappa shape index (κ2) is 6.97. The first-order valence-corrected chi connectivity index (χ1v) is 8.14. The number of rotatable bonds is 5. The van der Waals surface area contributed by atoms with Crippen molar-refractivity contribution in [3.63, 3.8) is 0 Å². The Kier molecular flexibility index (Phi) is 4.78. The second-order valence-electron chi connectivity index (χ2n) is 5.67. The molecule has 1 amide bonds. The van der Waals surface area contributed by atoms with Crippen molar-refractivity contribution >= 4 is 17.5 Å². The maximum absolute atomic E-state index is 12.5. The summed E-state index contributed by atoms with van der Waals surface area (Å²) in [6.07, 6.45) is 7.15. The summed E-state index contributed by atoms with van der Waals surface area (Å²) in [4.78, 5) is 14.5. The number of carbonyl (C=O) groups excluding carboxylic acids is 1. The Morgan fingerprint density at radius 2 is 2.27 bits per heavy atom. The monoisotopic (exact) mass is 317 g/mol. The Hall–Kier alpha value is -1.81. The Morgan fingerprint density at radius 3 is 3.05 bits per heavy atom. The molecule has 3 rings (SSSR count). The van der Waals surface area contributed by atoms with E-state index in [2.05, 4.69) is 11.2 Å². The van der Waals surface area contributed by atoms with Crippen LogP contribution in [0.15, 0.2) is 42.7 Å². The number of aryl methyl sites for hydroxylation is 1. The summed E-state index contributed by atoms with van der Waals surface area (Å²) in [5.74, 6) is 0.231. The van der Waals surface area contributed by atoms with Gasteiger partial charge in [-0.15, -0.1) is 0 Å². The first-order chi connectivity index (χ1) is 10.7. The van der Waals surface area contributed by atoms with Crippen LogP contribution in [0.1, 0.15) is 37.3 Å². The zero-order valence-electron chi connectivity index (χ0n) is 12.5. The van der Waals surface area contributed by atoms with Gasteiger partial charge >= 0.3 is 0 Å². The van der Waals surface area contributed by atoms with Gasteiger partial charge in [0.2, 0.25) is 5.91 Å². The molecule has 2 aromatic rings. The lowest BCUT2D eigenvalue weighted by atomic mass is 10.0. The molecule has 0 bridgehead atoms. The van der Waals surface area contributed by atoms with Gasteiger partial charge in [-0.1, -0.05) is 23.7 Å². The minimum absolute atomic E-state index is 0.177. The summed E-state index contributed by atoms with van der Waals surface area (Å²) in [7, 11) is 0. The highest BCUT2D eigenvalue weighted by Gasteiger charge is 2.29. The highest BCUT2D eigenvalue weighted by molar-refractivity contribution is 6.30. The fraction of sp³-hybridized carbons (Fsp3) is 0.412. The molecule has 2 heterocycles. The van der Waals surface area contributed by atoms with Gasteiger partial charge in [-0.05, 0) is 43.0 Å². The van der Waals surface area contributed by atoms with E-state index in [0.29, 0.717) is 6.42 Å². The molecule has 116 valence electrons. The molecule has 0 radical (unpaired) electrons.